The van der Waals surface area contributed by atoms with Crippen molar-refractivity contribution in [3.63, 3.8) is 0 Å². The lowest BCUT2D eigenvalue weighted by Gasteiger charge is -2.15. The van der Waals surface area contributed by atoms with Gasteiger partial charge in [-0.2, -0.15) is 0 Å². The predicted molar refractivity (Wildman–Crippen MR) is 89.5 cm³/mol. The predicted octanol–water partition coefficient (Wildman–Crippen LogP) is 5.72. The molecule has 110 valence electrons. The molecular weight excluding hydrogens is 352 g/mol. The molecule has 1 N–H and O–H groups in total. The first-order valence-corrected chi connectivity index (χ1v) is 7.87. The highest BCUT2D eigenvalue weighted by Gasteiger charge is 2.23. The van der Waals surface area contributed by atoms with Gasteiger partial charge in [0.15, 0.2) is 0 Å². The fourth-order valence-corrected chi connectivity index (χ4v) is 3.48. The number of halogens is 4. The standard InChI is InChI=1S/C15H11Cl4NO/c16-9-1-2-14-8(3-9)4-11(21-14)7-20-15-12(18)5-10(17)6-13(15)19/h1-3,5-6,11,20H,4,7H2. The van der Waals surface area contributed by atoms with E-state index in [-0.39, 0.29) is 6.10 Å². The Balaban J connectivity index is 1.68. The Hall–Kier alpha value is -0.800. The minimum absolute atomic E-state index is 0.0151. The largest absolute Gasteiger partial charge is 0.488 e. The van der Waals surface area contributed by atoms with Crippen LogP contribution in [0.4, 0.5) is 5.69 Å². The highest BCUT2D eigenvalue weighted by atomic mass is 35.5. The van der Waals surface area contributed by atoms with Crippen molar-refractivity contribution in [1.29, 1.82) is 0 Å². The van der Waals surface area contributed by atoms with Gasteiger partial charge in [0.05, 0.1) is 22.3 Å². The molecule has 21 heavy (non-hydrogen) atoms. The highest BCUT2D eigenvalue weighted by molar-refractivity contribution is 6.41. The Bertz CT molecular complexity index is 666. The minimum atomic E-state index is 0.0151. The number of benzene rings is 2. The van der Waals surface area contributed by atoms with Crippen molar-refractivity contribution in [3.8, 4) is 5.75 Å². The maximum Gasteiger partial charge on any atom is 0.123 e. The molecule has 6 heteroatoms. The molecule has 0 aliphatic carbocycles. The van der Waals surface area contributed by atoms with Crippen LogP contribution in [0.3, 0.4) is 0 Å². The van der Waals surface area contributed by atoms with E-state index in [4.69, 9.17) is 51.1 Å². The van der Waals surface area contributed by atoms with Gasteiger partial charge < -0.3 is 10.1 Å². The maximum atomic E-state index is 6.14. The molecule has 1 aliphatic rings. The van der Waals surface area contributed by atoms with Gasteiger partial charge in [-0.1, -0.05) is 46.4 Å². The van der Waals surface area contributed by atoms with Crippen LogP contribution in [0.5, 0.6) is 5.75 Å². The quantitative estimate of drug-likeness (QED) is 0.754. The molecule has 2 aromatic carbocycles. The number of ether oxygens (including phenoxy) is 1. The molecule has 0 bridgehead atoms. The summed E-state index contributed by atoms with van der Waals surface area (Å²) in [7, 11) is 0. The summed E-state index contributed by atoms with van der Waals surface area (Å²) in [6.07, 6.45) is 0.812. The average Bonchev–Trinajstić information content (AvgIpc) is 2.79. The second-order valence-electron chi connectivity index (χ2n) is 4.82. The molecule has 1 unspecified atom stereocenters. The number of anilines is 1. The molecule has 1 heterocycles. The lowest BCUT2D eigenvalue weighted by atomic mass is 10.1. The Morgan fingerprint density at radius 3 is 2.43 bits per heavy atom. The van der Waals surface area contributed by atoms with E-state index >= 15 is 0 Å². The minimum Gasteiger partial charge on any atom is -0.488 e. The first-order chi connectivity index (χ1) is 10.0. The lowest BCUT2D eigenvalue weighted by Crippen LogP contribution is -2.24. The molecule has 3 rings (SSSR count). The van der Waals surface area contributed by atoms with Gasteiger partial charge in [0.2, 0.25) is 0 Å². The molecular formula is C15H11Cl4NO. The summed E-state index contributed by atoms with van der Waals surface area (Å²) < 4.78 is 5.85. The average molecular weight is 363 g/mol. The number of hydrogen-bond acceptors (Lipinski definition) is 2. The van der Waals surface area contributed by atoms with Crippen LogP contribution in [0.25, 0.3) is 0 Å². The molecule has 2 nitrogen and oxygen atoms in total. The number of rotatable bonds is 3. The van der Waals surface area contributed by atoms with Crippen LogP contribution >= 0.6 is 46.4 Å². The maximum absolute atomic E-state index is 6.14. The first-order valence-electron chi connectivity index (χ1n) is 6.36. The fraction of sp³-hybridized carbons (Fsp3) is 0.200. The third kappa shape index (κ3) is 3.35. The molecule has 1 atom stereocenters. The van der Waals surface area contributed by atoms with Crippen molar-refractivity contribution in [1.82, 2.24) is 0 Å². The summed E-state index contributed by atoms with van der Waals surface area (Å²) in [6.45, 7) is 0.591. The van der Waals surface area contributed by atoms with E-state index in [2.05, 4.69) is 5.32 Å². The van der Waals surface area contributed by atoms with Crippen LogP contribution in [0, 0.1) is 0 Å². The van der Waals surface area contributed by atoms with Crippen molar-refractivity contribution >= 4 is 52.1 Å². The van der Waals surface area contributed by atoms with Gasteiger partial charge in [-0.15, -0.1) is 0 Å². The first kappa shape index (κ1) is 15.1. The number of fused-ring (bicyclic) bond motifs is 1. The van der Waals surface area contributed by atoms with Crippen molar-refractivity contribution < 1.29 is 4.74 Å². The molecule has 1 aliphatic heterocycles. The molecule has 0 amide bonds. The molecule has 2 aromatic rings. The van der Waals surface area contributed by atoms with E-state index < -0.39 is 0 Å². The van der Waals surface area contributed by atoms with E-state index in [0.29, 0.717) is 27.3 Å². The third-order valence-electron chi connectivity index (χ3n) is 3.28. The van der Waals surface area contributed by atoms with Gasteiger partial charge in [-0.3, -0.25) is 0 Å². The van der Waals surface area contributed by atoms with Crippen LogP contribution in [0.2, 0.25) is 20.1 Å². The molecule has 0 spiro atoms. The normalized spacial score (nSPS) is 16.5. The molecule has 0 saturated heterocycles. The second-order valence-corrected chi connectivity index (χ2v) is 6.51. The van der Waals surface area contributed by atoms with Gasteiger partial charge in [-0.25, -0.2) is 0 Å². The molecule has 0 radical (unpaired) electrons. The van der Waals surface area contributed by atoms with Crippen molar-refractivity contribution in [3.05, 3.63) is 56.0 Å². The zero-order valence-corrected chi connectivity index (χ0v) is 13.8. The van der Waals surface area contributed by atoms with Gasteiger partial charge in [0, 0.05) is 16.5 Å². The number of nitrogens with one attached hydrogen (secondary N) is 1. The Labute approximate surface area is 142 Å². The van der Waals surface area contributed by atoms with E-state index in [1.165, 1.54) is 0 Å². The fourth-order valence-electron chi connectivity index (χ4n) is 2.33. The summed E-state index contributed by atoms with van der Waals surface area (Å²) in [5.74, 6) is 0.875. The van der Waals surface area contributed by atoms with Crippen LogP contribution in [-0.4, -0.2) is 12.6 Å². The zero-order chi connectivity index (χ0) is 15.0. The topological polar surface area (TPSA) is 21.3 Å². The molecule has 0 fully saturated rings. The lowest BCUT2D eigenvalue weighted by molar-refractivity contribution is 0.246. The summed E-state index contributed by atoms with van der Waals surface area (Å²) in [5.41, 5.74) is 1.78. The van der Waals surface area contributed by atoms with Crippen molar-refractivity contribution in [2.75, 3.05) is 11.9 Å². The van der Waals surface area contributed by atoms with Crippen LogP contribution < -0.4 is 10.1 Å². The van der Waals surface area contributed by atoms with Crippen LogP contribution in [0.15, 0.2) is 30.3 Å². The monoisotopic (exact) mass is 361 g/mol. The number of hydrogen-bond donors (Lipinski definition) is 1. The van der Waals surface area contributed by atoms with Crippen LogP contribution in [0.1, 0.15) is 5.56 Å². The van der Waals surface area contributed by atoms with Crippen molar-refractivity contribution in [2.45, 2.75) is 12.5 Å². The van der Waals surface area contributed by atoms with Crippen molar-refractivity contribution in [2.24, 2.45) is 0 Å². The van der Waals surface area contributed by atoms with E-state index in [9.17, 15) is 0 Å². The molecule has 0 saturated carbocycles. The van der Waals surface area contributed by atoms with Gasteiger partial charge in [-0.05, 0) is 35.9 Å². The summed E-state index contributed by atoms with van der Waals surface area (Å²) in [4.78, 5) is 0. The Morgan fingerprint density at radius 1 is 1.00 bits per heavy atom. The van der Waals surface area contributed by atoms with Gasteiger partial charge in [0.1, 0.15) is 11.9 Å². The van der Waals surface area contributed by atoms with E-state index in [1.807, 2.05) is 18.2 Å². The second kappa shape index (κ2) is 6.13. The van der Waals surface area contributed by atoms with Crippen LogP contribution in [-0.2, 0) is 6.42 Å². The van der Waals surface area contributed by atoms with E-state index in [0.717, 1.165) is 22.8 Å². The smallest absolute Gasteiger partial charge is 0.123 e. The summed E-state index contributed by atoms with van der Waals surface area (Å²) in [6, 6.07) is 8.95. The summed E-state index contributed by atoms with van der Waals surface area (Å²) >= 11 is 24.2. The van der Waals surface area contributed by atoms with Gasteiger partial charge >= 0.3 is 0 Å². The third-order valence-corrected chi connectivity index (χ3v) is 4.33. The highest BCUT2D eigenvalue weighted by Crippen LogP contribution is 2.35. The molecule has 0 aromatic heterocycles. The SMILES string of the molecule is Clc1cc(Cl)c(NCC2Cc3cc(Cl)ccc3O2)c(Cl)c1. The Morgan fingerprint density at radius 2 is 1.71 bits per heavy atom. The van der Waals surface area contributed by atoms with Gasteiger partial charge in [0.25, 0.3) is 0 Å². The Kier molecular flexibility index (Phi) is 4.41. The zero-order valence-electron chi connectivity index (χ0n) is 10.8. The van der Waals surface area contributed by atoms with E-state index in [1.54, 1.807) is 12.1 Å². The summed E-state index contributed by atoms with van der Waals surface area (Å²) in [5, 5.41) is 5.43.